The first kappa shape index (κ1) is 66.0. The number of fused-ring (bicyclic) bond motifs is 7. The number of aliphatic hydroxyl groups is 14. The SMILES string of the molecule is OCC1O[C@H](SCCCOCC(CNC(=S)NCCSCC2O[C@@H]3OCCCCCC2[C@@H](O)C3O)(COCCCS[C@@H]2OC(CO)[C@@H](O)C(O)[C@@H]2O)COCCCS[C@@H]2OC(CO)[C@@H](O)C(O)[C@@H]2O)[C@H](O)C(O)[C@@H]1O. The summed E-state index contributed by atoms with van der Waals surface area (Å²) in [4.78, 5) is 0. The Balaban J connectivity index is 1.18. The Hall–Kier alpha value is 0.210. The Morgan fingerprint density at radius 3 is 1.40 bits per heavy atom. The lowest BCUT2D eigenvalue weighted by molar-refractivity contribution is -0.284. The maximum Gasteiger partial charge on any atom is 0.186 e. The minimum absolute atomic E-state index is 0.107. The second-order valence-corrected chi connectivity index (χ2v) is 24.7. The summed E-state index contributed by atoms with van der Waals surface area (Å²) in [5.41, 5.74) is -3.57. The highest BCUT2D eigenvalue weighted by Crippen LogP contribution is 2.35. The first-order chi connectivity index (χ1) is 36.1. The van der Waals surface area contributed by atoms with Crippen molar-refractivity contribution in [2.24, 2.45) is 11.3 Å². The lowest BCUT2D eigenvalue weighted by Crippen LogP contribution is -2.57. The zero-order chi connectivity index (χ0) is 54.5. The Morgan fingerprint density at radius 2 is 0.960 bits per heavy atom. The Bertz CT molecular complexity index is 1460. The van der Waals surface area contributed by atoms with E-state index in [1.165, 1.54) is 35.3 Å². The molecule has 0 radical (unpaired) electrons. The van der Waals surface area contributed by atoms with Gasteiger partial charge in [-0.1, -0.05) is 12.8 Å². The minimum Gasteiger partial charge on any atom is -0.394 e. The summed E-state index contributed by atoms with van der Waals surface area (Å²) in [5.74, 6) is 2.28. The van der Waals surface area contributed by atoms with Crippen molar-refractivity contribution in [1.82, 2.24) is 10.6 Å². The van der Waals surface area contributed by atoms with Crippen LogP contribution in [0.15, 0.2) is 0 Å². The summed E-state index contributed by atoms with van der Waals surface area (Å²) in [6.45, 7) is 0.581. The van der Waals surface area contributed by atoms with Crippen molar-refractivity contribution in [3.05, 3.63) is 0 Å². The molecule has 0 aromatic heterocycles. The molecule has 6 aliphatic rings. The molecule has 0 saturated carbocycles. The Morgan fingerprint density at radius 1 is 0.507 bits per heavy atom. The number of thiocarbonyl (C=S) groups is 1. The number of nitrogens with one attached hydrogen (secondary N) is 2. The van der Waals surface area contributed by atoms with Gasteiger partial charge in [-0.15, -0.1) is 35.3 Å². The molecule has 6 fully saturated rings. The van der Waals surface area contributed by atoms with Crippen molar-refractivity contribution in [2.45, 2.75) is 159 Å². The summed E-state index contributed by atoms with van der Waals surface area (Å²) in [6, 6.07) is 0. The van der Waals surface area contributed by atoms with Gasteiger partial charge in [-0.25, -0.2) is 0 Å². The van der Waals surface area contributed by atoms with Crippen LogP contribution in [0.25, 0.3) is 0 Å². The number of aliphatic hydroxyl groups excluding tert-OH is 14. The molecule has 75 heavy (non-hydrogen) atoms. The quantitative estimate of drug-likeness (QED) is 0.0230. The van der Waals surface area contributed by atoms with Crippen LogP contribution in [0, 0.1) is 11.3 Å². The number of ether oxygens (including phenoxy) is 8. The lowest BCUT2D eigenvalue weighted by Gasteiger charge is -2.43. The largest absolute Gasteiger partial charge is 0.394 e. The maximum absolute atomic E-state index is 10.9. The molecule has 24 nitrogen and oxygen atoms in total. The van der Waals surface area contributed by atoms with Crippen molar-refractivity contribution in [1.29, 1.82) is 0 Å². The van der Waals surface area contributed by atoms with Crippen LogP contribution < -0.4 is 10.6 Å². The van der Waals surface area contributed by atoms with Crippen LogP contribution >= 0.6 is 59.3 Å². The molecule has 6 rings (SSSR count). The van der Waals surface area contributed by atoms with Crippen LogP contribution in [0.3, 0.4) is 0 Å². The summed E-state index contributed by atoms with van der Waals surface area (Å²) in [6.07, 6.45) is -14.4. The summed E-state index contributed by atoms with van der Waals surface area (Å²) >= 11 is 11.0. The molecule has 6 heterocycles. The fraction of sp³-hybridized carbons (Fsp3) is 0.978. The molecule has 9 unspecified atom stereocenters. The molecule has 440 valence electrons. The second-order valence-electron chi connectivity index (χ2n) is 19.5. The highest BCUT2D eigenvalue weighted by Gasteiger charge is 2.47. The number of rotatable bonds is 31. The van der Waals surface area contributed by atoms with Crippen molar-refractivity contribution >= 4 is 64.4 Å². The van der Waals surface area contributed by atoms with Gasteiger partial charge in [-0.05, 0) is 61.6 Å². The van der Waals surface area contributed by atoms with E-state index in [0.29, 0.717) is 66.3 Å². The van der Waals surface area contributed by atoms with Crippen molar-refractivity contribution < 1.29 is 109 Å². The highest BCUT2D eigenvalue weighted by atomic mass is 32.2. The fourth-order valence-electron chi connectivity index (χ4n) is 9.11. The van der Waals surface area contributed by atoms with E-state index < -0.39 is 133 Å². The third kappa shape index (κ3) is 20.0. The van der Waals surface area contributed by atoms with Gasteiger partial charge in [-0.3, -0.25) is 0 Å². The third-order valence-electron chi connectivity index (χ3n) is 13.7. The maximum atomic E-state index is 10.9. The number of hydrogen-bond acceptors (Lipinski definition) is 27. The molecule has 29 heteroatoms. The van der Waals surface area contributed by atoms with Crippen molar-refractivity contribution in [2.75, 3.05) is 108 Å². The van der Waals surface area contributed by atoms with E-state index in [0.717, 1.165) is 25.7 Å². The highest BCUT2D eigenvalue weighted by molar-refractivity contribution is 8.00. The summed E-state index contributed by atoms with van der Waals surface area (Å²) in [7, 11) is 0. The van der Waals surface area contributed by atoms with Gasteiger partial charge < -0.3 is 120 Å². The molecule has 0 spiro atoms. The van der Waals surface area contributed by atoms with E-state index in [4.69, 9.17) is 50.1 Å². The molecule has 0 aliphatic carbocycles. The number of thioether (sulfide) groups is 4. The van der Waals surface area contributed by atoms with E-state index in [9.17, 15) is 71.5 Å². The van der Waals surface area contributed by atoms with Gasteiger partial charge in [0.05, 0.1) is 57.3 Å². The normalized spacial score (nSPS) is 38.5. The predicted molar refractivity (Wildman–Crippen MR) is 282 cm³/mol. The van der Waals surface area contributed by atoms with E-state index in [2.05, 4.69) is 10.6 Å². The van der Waals surface area contributed by atoms with Crippen LogP contribution in [-0.2, 0) is 37.9 Å². The zero-order valence-corrected chi connectivity index (χ0v) is 46.2. The van der Waals surface area contributed by atoms with Crippen molar-refractivity contribution in [3.8, 4) is 0 Å². The fourth-order valence-corrected chi connectivity index (χ4v) is 13.5. The smallest absolute Gasteiger partial charge is 0.186 e. The Labute approximate surface area is 460 Å². The average molecular weight is 1180 g/mol. The standard InChI is InChI=1S/C46H84N2O22S5/c49-17-26-31(53)34(56)38(60)42(68-26)73-13-4-9-63-22-46(23-64-10-5-14-74-43-39(61)35(57)32(54)27(18-50)69-43,24-65-11-6-15-75-44-40(62)36(58)33(55)28(19-51)70-44)21-48-45(71)47-8-16-72-20-29-25-7-2-1-3-12-66-41(67-29)37(59)30(25)52/h25-44,49-62H,1-24H2,(H2,47,48,71)/t25?,26?,27?,28?,29?,30-,31-,32-,33-,34?,35?,36?,37?,38-,39+,40+,41+,42-,43+,44+,46?/m1/s1. The molecular formula is C46H84N2O22S5. The molecule has 2 bridgehead atoms. The summed E-state index contributed by atoms with van der Waals surface area (Å²) in [5, 5.41) is 150. The predicted octanol–water partition coefficient (Wildman–Crippen LogP) is -4.36. The molecule has 16 N–H and O–H groups in total. The van der Waals surface area contributed by atoms with Gasteiger partial charge in [0.2, 0.25) is 0 Å². The van der Waals surface area contributed by atoms with E-state index in [1.54, 1.807) is 11.8 Å². The molecule has 0 amide bonds. The van der Waals surface area contributed by atoms with Crippen molar-refractivity contribution in [3.63, 3.8) is 0 Å². The zero-order valence-electron chi connectivity index (χ0n) is 42.1. The Kier molecular flexibility index (Phi) is 30.5. The number of hydrogen-bond donors (Lipinski definition) is 16. The molecular weight excluding hydrogens is 1090 g/mol. The first-order valence-electron chi connectivity index (χ1n) is 25.8. The van der Waals surface area contributed by atoms with Gasteiger partial charge in [-0.2, -0.15) is 11.8 Å². The van der Waals surface area contributed by atoms with Crippen LogP contribution in [0.2, 0.25) is 0 Å². The van der Waals surface area contributed by atoms with Gasteiger partial charge >= 0.3 is 0 Å². The molecule has 6 aliphatic heterocycles. The van der Waals surface area contributed by atoms with E-state index in [-0.39, 0.29) is 58.2 Å². The lowest BCUT2D eigenvalue weighted by atomic mass is 9.85. The van der Waals surface area contributed by atoms with Crippen LogP contribution in [0.4, 0.5) is 0 Å². The molecule has 6 saturated heterocycles. The van der Waals surface area contributed by atoms with Gasteiger partial charge in [0.25, 0.3) is 0 Å². The topological polar surface area (TPSA) is 381 Å². The average Bonchev–Trinajstić information content (AvgIpc) is 3.41. The monoisotopic (exact) mass is 1180 g/mol. The van der Waals surface area contributed by atoms with Gasteiger partial charge in [0, 0.05) is 56.9 Å². The van der Waals surface area contributed by atoms with Crippen LogP contribution in [-0.4, -0.2) is 299 Å². The first-order valence-corrected chi connectivity index (χ1v) is 30.5. The van der Waals surface area contributed by atoms with Crippen LogP contribution in [0.1, 0.15) is 44.9 Å². The third-order valence-corrected chi connectivity index (χ3v) is 18.7. The molecule has 0 aromatic rings. The van der Waals surface area contributed by atoms with Crippen LogP contribution in [0.5, 0.6) is 0 Å². The van der Waals surface area contributed by atoms with Gasteiger partial charge in [0.15, 0.2) is 11.4 Å². The van der Waals surface area contributed by atoms with E-state index >= 15 is 0 Å². The van der Waals surface area contributed by atoms with Gasteiger partial charge in [0.1, 0.15) is 95.7 Å². The van der Waals surface area contributed by atoms with E-state index in [1.807, 2.05) is 0 Å². The molecule has 20 atom stereocenters. The second kappa shape index (κ2) is 34.6. The summed E-state index contributed by atoms with van der Waals surface area (Å²) < 4.78 is 47.7. The molecule has 0 aromatic carbocycles. The minimum atomic E-state index is -1.49.